The zero-order chi connectivity index (χ0) is 16.8. The number of thioether (sulfide) groups is 1. The van der Waals surface area contributed by atoms with Crippen molar-refractivity contribution in [2.24, 2.45) is 5.92 Å². The lowest BCUT2D eigenvalue weighted by Crippen LogP contribution is -2.21. The van der Waals surface area contributed by atoms with Gasteiger partial charge in [-0.2, -0.15) is 0 Å². The molecule has 0 aliphatic heterocycles. The van der Waals surface area contributed by atoms with Crippen molar-refractivity contribution in [2.75, 3.05) is 0 Å². The van der Waals surface area contributed by atoms with Crippen LogP contribution in [0.3, 0.4) is 0 Å². The molecule has 21 heavy (non-hydrogen) atoms. The van der Waals surface area contributed by atoms with Crippen LogP contribution in [-0.4, -0.2) is 29.1 Å². The molecule has 1 rings (SSSR count). The van der Waals surface area contributed by atoms with Gasteiger partial charge in [0.15, 0.2) is 0 Å². The minimum absolute atomic E-state index is 0.246. The van der Waals surface area contributed by atoms with Crippen molar-refractivity contribution in [1.29, 1.82) is 0 Å². The van der Waals surface area contributed by atoms with Gasteiger partial charge in [-0.1, -0.05) is 44.1 Å². The lowest BCUT2D eigenvalue weighted by atomic mass is 10.3. The number of hydrogen-bond donors (Lipinski definition) is 5. The maximum absolute atomic E-state index is 11.1. The molecule has 6 nitrogen and oxygen atoms in total. The summed E-state index contributed by atoms with van der Waals surface area (Å²) in [6.45, 7) is 6.50. The molecule has 1 atom stereocenters. The zero-order valence-corrected chi connectivity index (χ0v) is 15.1. The molecule has 1 unspecified atom stereocenters. The van der Waals surface area contributed by atoms with Crippen LogP contribution in [0.25, 0.3) is 0 Å². The topological polar surface area (TPSA) is 118 Å². The van der Waals surface area contributed by atoms with E-state index in [1.54, 1.807) is 0 Å². The van der Waals surface area contributed by atoms with E-state index in [1.165, 1.54) is 24.3 Å². The lowest BCUT2D eigenvalue weighted by molar-refractivity contribution is 0.218. The first-order chi connectivity index (χ1) is 9.40. The minimum atomic E-state index is -5.11. The maximum Gasteiger partial charge on any atom is 0.377 e. The molecule has 0 saturated heterocycles. The molecule has 0 saturated carbocycles. The summed E-state index contributed by atoms with van der Waals surface area (Å²) in [5, 5.41) is 10.1. The molecule has 0 amide bonds. The summed E-state index contributed by atoms with van der Waals surface area (Å²) in [6.07, 6.45) is 0. The van der Waals surface area contributed by atoms with Crippen LogP contribution in [0.15, 0.2) is 29.2 Å². The Morgan fingerprint density at radius 3 is 1.86 bits per heavy atom. The van der Waals surface area contributed by atoms with E-state index < -0.39 is 20.4 Å². The van der Waals surface area contributed by atoms with E-state index in [1.807, 2.05) is 0 Å². The zero-order valence-electron chi connectivity index (χ0n) is 11.7. The fourth-order valence-corrected chi connectivity index (χ4v) is 3.96. The van der Waals surface area contributed by atoms with Gasteiger partial charge in [0.05, 0.1) is 0 Å². The fraction of sp³-hybridized carbons (Fsp3) is 0.455. The molecule has 1 aromatic rings. The van der Waals surface area contributed by atoms with E-state index in [0.29, 0.717) is 5.02 Å². The predicted octanol–water partition coefficient (Wildman–Crippen LogP) is 3.17. The highest BCUT2D eigenvalue weighted by Crippen LogP contribution is 2.69. The van der Waals surface area contributed by atoms with Crippen molar-refractivity contribution in [3.05, 3.63) is 29.3 Å². The second-order valence-corrected chi connectivity index (χ2v) is 10.3. The first kappa shape index (κ1) is 21.3. The Morgan fingerprint density at radius 2 is 1.57 bits per heavy atom. The molecule has 0 bridgehead atoms. The minimum Gasteiger partial charge on any atom is -0.362 e. The van der Waals surface area contributed by atoms with Crippen molar-refractivity contribution < 1.29 is 29.2 Å². The molecule has 1 aromatic carbocycles. The van der Waals surface area contributed by atoms with Crippen molar-refractivity contribution in [1.82, 2.24) is 0 Å². The van der Waals surface area contributed by atoms with Gasteiger partial charge < -0.3 is 24.7 Å². The second-order valence-electron chi connectivity index (χ2n) is 4.70. The average molecular weight is 377 g/mol. The second kappa shape index (κ2) is 8.82. The standard InChI is InChI=1S/C7H9ClO6P2S.C4H10/c8-5-1-3-6(4-2-5)17-7(9,15(10)11)16(12,13)14;1-4(2)3/h1-4,9-11H,(H2,12,13,14);4H,1-3H3. The van der Waals surface area contributed by atoms with E-state index in [2.05, 4.69) is 20.8 Å². The Kier molecular flexibility index (Phi) is 8.96. The van der Waals surface area contributed by atoms with Crippen molar-refractivity contribution >= 4 is 39.3 Å². The van der Waals surface area contributed by atoms with E-state index >= 15 is 0 Å². The van der Waals surface area contributed by atoms with Crippen LogP contribution < -0.4 is 0 Å². The van der Waals surface area contributed by atoms with Crippen molar-refractivity contribution in [3.8, 4) is 0 Å². The number of rotatable bonds is 4. The summed E-state index contributed by atoms with van der Waals surface area (Å²) < 4.78 is 8.11. The van der Waals surface area contributed by atoms with E-state index in [9.17, 15) is 9.67 Å². The normalized spacial score (nSPS) is 14.6. The lowest BCUT2D eigenvalue weighted by Gasteiger charge is -2.28. The quantitative estimate of drug-likeness (QED) is 0.311. The highest BCUT2D eigenvalue weighted by molar-refractivity contribution is 8.12. The average Bonchev–Trinajstić information content (AvgIpc) is 2.29. The van der Waals surface area contributed by atoms with Gasteiger partial charge in [-0.05, 0) is 30.2 Å². The van der Waals surface area contributed by atoms with Gasteiger partial charge in [0.1, 0.15) is 0 Å². The van der Waals surface area contributed by atoms with Crippen molar-refractivity contribution in [2.45, 2.75) is 30.1 Å². The maximum atomic E-state index is 11.1. The molecule has 10 heteroatoms. The van der Waals surface area contributed by atoms with Crippen LogP contribution in [0.4, 0.5) is 0 Å². The van der Waals surface area contributed by atoms with Gasteiger partial charge in [0.25, 0.3) is 4.42 Å². The summed E-state index contributed by atoms with van der Waals surface area (Å²) >= 11 is 5.89. The Balaban J connectivity index is 0.000000885. The largest absolute Gasteiger partial charge is 0.377 e. The Hall–Kier alpha value is 0.320. The fourth-order valence-electron chi connectivity index (χ4n) is 0.878. The number of hydrogen-bond acceptors (Lipinski definition) is 5. The smallest absolute Gasteiger partial charge is 0.362 e. The van der Waals surface area contributed by atoms with Crippen LogP contribution >= 0.6 is 39.3 Å². The Morgan fingerprint density at radius 1 is 1.19 bits per heavy atom. The van der Waals surface area contributed by atoms with Crippen LogP contribution in [-0.2, 0) is 4.57 Å². The van der Waals surface area contributed by atoms with E-state index in [0.717, 1.165) is 5.92 Å². The molecule has 0 fully saturated rings. The Labute approximate surface area is 134 Å². The van der Waals surface area contributed by atoms with E-state index in [-0.39, 0.29) is 16.7 Å². The third kappa shape index (κ3) is 7.42. The predicted molar refractivity (Wildman–Crippen MR) is 86.2 cm³/mol. The third-order valence-electron chi connectivity index (χ3n) is 1.71. The SMILES string of the molecule is CC(C)C.O=P(O)(O)C(O)(Sc1ccc(Cl)cc1)P(O)O. The van der Waals surface area contributed by atoms with Crippen LogP contribution in [0.2, 0.25) is 5.02 Å². The molecular weight excluding hydrogens is 358 g/mol. The highest BCUT2D eigenvalue weighted by Gasteiger charge is 2.53. The summed E-state index contributed by atoms with van der Waals surface area (Å²) in [4.78, 5) is 36.0. The van der Waals surface area contributed by atoms with Gasteiger partial charge >= 0.3 is 7.60 Å². The molecule has 5 N–H and O–H groups in total. The molecular formula is C11H19ClO6P2S. The van der Waals surface area contributed by atoms with Crippen LogP contribution in [0.1, 0.15) is 20.8 Å². The van der Waals surface area contributed by atoms with Crippen LogP contribution in [0, 0.1) is 5.92 Å². The molecule has 0 aromatic heterocycles. The molecule has 0 aliphatic rings. The molecule has 122 valence electrons. The number of benzene rings is 1. The molecule has 0 spiro atoms. The van der Waals surface area contributed by atoms with Gasteiger partial charge in [-0.15, -0.1) is 0 Å². The number of aliphatic hydroxyl groups is 1. The first-order valence-electron chi connectivity index (χ1n) is 5.80. The molecule has 0 radical (unpaired) electrons. The summed E-state index contributed by atoms with van der Waals surface area (Å²) in [7, 11) is -8.35. The molecule has 0 aliphatic carbocycles. The van der Waals surface area contributed by atoms with Gasteiger partial charge in [0.2, 0.25) is 8.38 Å². The monoisotopic (exact) mass is 376 g/mol. The summed E-state index contributed by atoms with van der Waals surface area (Å²) in [5.74, 6) is 0.833. The first-order valence-corrected chi connectivity index (χ1v) is 9.86. The van der Waals surface area contributed by atoms with Gasteiger partial charge in [-0.3, -0.25) is 4.57 Å². The summed E-state index contributed by atoms with van der Waals surface area (Å²) in [6, 6.07) is 5.68. The van der Waals surface area contributed by atoms with Crippen molar-refractivity contribution in [3.63, 3.8) is 0 Å². The third-order valence-corrected chi connectivity index (χ3v) is 7.09. The van der Waals surface area contributed by atoms with Gasteiger partial charge in [-0.25, -0.2) is 0 Å². The van der Waals surface area contributed by atoms with Crippen LogP contribution in [0.5, 0.6) is 0 Å². The summed E-state index contributed by atoms with van der Waals surface area (Å²) in [5.41, 5.74) is 0. The molecule has 0 heterocycles. The Bertz CT molecular complexity index is 475. The highest BCUT2D eigenvalue weighted by atomic mass is 35.5. The number of halogens is 1. The van der Waals surface area contributed by atoms with E-state index in [4.69, 9.17) is 31.2 Å². The van der Waals surface area contributed by atoms with Gasteiger partial charge in [0, 0.05) is 9.92 Å².